The lowest BCUT2D eigenvalue weighted by Gasteiger charge is -2.29. The van der Waals surface area contributed by atoms with E-state index in [9.17, 15) is 13.2 Å². The third kappa shape index (κ3) is 3.03. The number of hydrogen-bond donors (Lipinski definition) is 0. The van der Waals surface area contributed by atoms with Crippen LogP contribution in [0.15, 0.2) is 36.7 Å². The summed E-state index contributed by atoms with van der Waals surface area (Å²) in [5, 5.41) is 0. The standard InChI is InChI=1S/C17H19N3O3S/c1-17(2,3)16-18-8-12(9-19-16)10-20-14-7-5-4-6-13(14)15(21)11-24(20,22)23/h4-9H,10-11H2,1-3H3. The van der Waals surface area contributed by atoms with E-state index in [1.54, 1.807) is 36.7 Å². The average molecular weight is 345 g/mol. The van der Waals surface area contributed by atoms with Gasteiger partial charge in [-0.25, -0.2) is 18.4 Å². The van der Waals surface area contributed by atoms with Crippen molar-refractivity contribution in [3.63, 3.8) is 0 Å². The molecule has 0 amide bonds. The highest BCUT2D eigenvalue weighted by molar-refractivity contribution is 7.93. The maximum absolute atomic E-state index is 12.4. The molecule has 0 N–H and O–H groups in total. The zero-order chi connectivity index (χ0) is 17.5. The second-order valence-corrected chi connectivity index (χ2v) is 8.76. The van der Waals surface area contributed by atoms with E-state index in [0.717, 1.165) is 0 Å². The predicted molar refractivity (Wildman–Crippen MR) is 91.5 cm³/mol. The number of para-hydroxylation sites is 1. The fourth-order valence-corrected chi connectivity index (χ4v) is 4.02. The van der Waals surface area contributed by atoms with Crippen molar-refractivity contribution >= 4 is 21.5 Å². The summed E-state index contributed by atoms with van der Waals surface area (Å²) in [4.78, 5) is 20.7. The van der Waals surface area contributed by atoms with E-state index in [4.69, 9.17) is 0 Å². The van der Waals surface area contributed by atoms with E-state index in [1.165, 1.54) is 4.31 Å². The van der Waals surface area contributed by atoms with Gasteiger partial charge in [-0.2, -0.15) is 0 Å². The number of nitrogens with zero attached hydrogens (tertiary/aromatic N) is 3. The molecular weight excluding hydrogens is 326 g/mol. The minimum absolute atomic E-state index is 0.108. The lowest BCUT2D eigenvalue weighted by molar-refractivity contribution is 0.102. The number of carbonyl (C=O) groups excluding carboxylic acids is 1. The number of Topliss-reactive ketones (excluding diaryl/α,β-unsaturated/α-hetero) is 1. The van der Waals surface area contributed by atoms with Gasteiger partial charge < -0.3 is 0 Å². The SMILES string of the molecule is CC(C)(C)c1ncc(CN2c3ccccc3C(=O)CS2(=O)=O)cn1. The van der Waals surface area contributed by atoms with Crippen LogP contribution in [0.3, 0.4) is 0 Å². The van der Waals surface area contributed by atoms with Crippen LogP contribution in [0.1, 0.15) is 42.5 Å². The molecule has 1 aromatic heterocycles. The average Bonchev–Trinajstić information content (AvgIpc) is 2.50. The molecule has 0 saturated carbocycles. The third-order valence-electron chi connectivity index (χ3n) is 3.82. The summed E-state index contributed by atoms with van der Waals surface area (Å²) in [6.07, 6.45) is 3.28. The Balaban J connectivity index is 1.97. The number of sulfonamides is 1. The summed E-state index contributed by atoms with van der Waals surface area (Å²) in [5.41, 5.74) is 1.35. The Hall–Kier alpha value is -2.28. The molecule has 0 atom stereocenters. The second-order valence-electron chi connectivity index (χ2n) is 6.87. The molecule has 2 aromatic rings. The van der Waals surface area contributed by atoms with Gasteiger partial charge >= 0.3 is 0 Å². The molecule has 0 fully saturated rings. The Kier molecular flexibility index (Phi) is 3.91. The minimum Gasteiger partial charge on any atom is -0.293 e. The van der Waals surface area contributed by atoms with E-state index in [0.29, 0.717) is 22.6 Å². The number of fused-ring (bicyclic) bond motifs is 1. The highest BCUT2D eigenvalue weighted by atomic mass is 32.2. The van der Waals surface area contributed by atoms with Crippen LogP contribution in [0.5, 0.6) is 0 Å². The number of aromatic nitrogens is 2. The smallest absolute Gasteiger partial charge is 0.243 e. The molecule has 0 spiro atoms. The van der Waals surface area contributed by atoms with Crippen LogP contribution in [0.25, 0.3) is 0 Å². The lowest BCUT2D eigenvalue weighted by Crippen LogP contribution is -2.40. The van der Waals surface area contributed by atoms with E-state index in [1.807, 2.05) is 20.8 Å². The summed E-state index contributed by atoms with van der Waals surface area (Å²) in [6, 6.07) is 6.75. The van der Waals surface area contributed by atoms with Crippen LogP contribution >= 0.6 is 0 Å². The van der Waals surface area contributed by atoms with Crippen molar-refractivity contribution in [1.82, 2.24) is 9.97 Å². The topological polar surface area (TPSA) is 80.2 Å². The van der Waals surface area contributed by atoms with Crippen LogP contribution in [0.4, 0.5) is 5.69 Å². The van der Waals surface area contributed by atoms with Crippen molar-refractivity contribution in [2.75, 3.05) is 10.1 Å². The molecule has 0 unspecified atom stereocenters. The highest BCUT2D eigenvalue weighted by Gasteiger charge is 2.34. The quantitative estimate of drug-likeness (QED) is 0.834. The summed E-state index contributed by atoms with van der Waals surface area (Å²) < 4.78 is 26.2. The number of anilines is 1. The first-order valence-electron chi connectivity index (χ1n) is 7.62. The van der Waals surface area contributed by atoms with Crippen LogP contribution < -0.4 is 4.31 Å². The predicted octanol–water partition coefficient (Wildman–Crippen LogP) is 2.31. The van der Waals surface area contributed by atoms with Crippen LogP contribution in [-0.2, 0) is 22.0 Å². The Morgan fingerprint density at radius 3 is 2.38 bits per heavy atom. The van der Waals surface area contributed by atoms with Crippen molar-refractivity contribution in [1.29, 1.82) is 0 Å². The third-order valence-corrected chi connectivity index (χ3v) is 5.45. The molecular formula is C17H19N3O3S. The zero-order valence-corrected chi connectivity index (χ0v) is 14.7. The fraction of sp³-hybridized carbons (Fsp3) is 0.353. The molecule has 3 rings (SSSR count). The van der Waals surface area contributed by atoms with E-state index >= 15 is 0 Å². The van der Waals surface area contributed by atoms with Gasteiger partial charge in [-0.05, 0) is 12.1 Å². The molecule has 24 heavy (non-hydrogen) atoms. The number of carbonyl (C=O) groups is 1. The molecule has 0 aliphatic carbocycles. The van der Waals surface area contributed by atoms with Crippen molar-refractivity contribution < 1.29 is 13.2 Å². The maximum Gasteiger partial charge on any atom is 0.243 e. The van der Waals surface area contributed by atoms with Gasteiger partial charge in [0, 0.05) is 28.9 Å². The van der Waals surface area contributed by atoms with Crippen LogP contribution in [0, 0.1) is 0 Å². The van der Waals surface area contributed by atoms with Gasteiger partial charge in [0.15, 0.2) is 5.78 Å². The molecule has 2 heterocycles. The van der Waals surface area contributed by atoms with E-state index in [2.05, 4.69) is 9.97 Å². The monoisotopic (exact) mass is 345 g/mol. The molecule has 6 nitrogen and oxygen atoms in total. The van der Waals surface area contributed by atoms with Crippen molar-refractivity contribution in [2.24, 2.45) is 0 Å². The molecule has 0 bridgehead atoms. The van der Waals surface area contributed by atoms with Crippen molar-refractivity contribution in [3.05, 3.63) is 53.6 Å². The maximum atomic E-state index is 12.4. The molecule has 126 valence electrons. The van der Waals surface area contributed by atoms with Gasteiger partial charge in [-0.3, -0.25) is 9.10 Å². The summed E-state index contributed by atoms with van der Waals surface area (Å²) in [7, 11) is -3.69. The van der Waals surface area contributed by atoms with Crippen molar-refractivity contribution in [3.8, 4) is 0 Å². The Bertz CT molecular complexity index is 884. The van der Waals surface area contributed by atoms with Gasteiger partial charge in [0.05, 0.1) is 12.2 Å². The second kappa shape index (κ2) is 5.66. The molecule has 0 saturated heterocycles. The minimum atomic E-state index is -3.69. The van der Waals surface area contributed by atoms with E-state index in [-0.39, 0.29) is 17.7 Å². The number of benzene rings is 1. The Morgan fingerprint density at radius 2 is 1.75 bits per heavy atom. The molecule has 1 aliphatic rings. The van der Waals surface area contributed by atoms with Crippen LogP contribution in [0.2, 0.25) is 0 Å². The normalized spacial score (nSPS) is 16.8. The highest BCUT2D eigenvalue weighted by Crippen LogP contribution is 2.30. The van der Waals surface area contributed by atoms with Gasteiger partial charge in [0.2, 0.25) is 10.0 Å². The summed E-state index contributed by atoms with van der Waals surface area (Å²) in [5.74, 6) is -0.185. The molecule has 1 aromatic carbocycles. The Labute approximate surface area is 141 Å². The van der Waals surface area contributed by atoms with Gasteiger partial charge in [0.25, 0.3) is 0 Å². The first-order valence-corrected chi connectivity index (χ1v) is 9.23. The van der Waals surface area contributed by atoms with Gasteiger partial charge in [0.1, 0.15) is 11.6 Å². The summed E-state index contributed by atoms with van der Waals surface area (Å²) in [6.45, 7) is 6.15. The largest absolute Gasteiger partial charge is 0.293 e. The van der Waals surface area contributed by atoms with E-state index < -0.39 is 15.8 Å². The van der Waals surface area contributed by atoms with Crippen LogP contribution in [-0.4, -0.2) is 29.9 Å². The molecule has 1 aliphatic heterocycles. The lowest BCUT2D eigenvalue weighted by atomic mass is 9.96. The van der Waals surface area contributed by atoms with Gasteiger partial charge in [-0.15, -0.1) is 0 Å². The van der Waals surface area contributed by atoms with Crippen molar-refractivity contribution in [2.45, 2.75) is 32.7 Å². The zero-order valence-electron chi connectivity index (χ0n) is 13.9. The molecule has 0 radical (unpaired) electrons. The Morgan fingerprint density at radius 1 is 1.12 bits per heavy atom. The first-order chi connectivity index (χ1) is 11.2. The number of hydrogen-bond acceptors (Lipinski definition) is 5. The molecule has 7 heteroatoms. The van der Waals surface area contributed by atoms with Gasteiger partial charge in [-0.1, -0.05) is 32.9 Å². The first kappa shape index (κ1) is 16.6. The number of rotatable bonds is 2. The fourth-order valence-electron chi connectivity index (χ4n) is 2.57. The number of ketones is 1. The summed E-state index contributed by atoms with van der Waals surface area (Å²) >= 11 is 0.